The van der Waals surface area contributed by atoms with Crippen LogP contribution in [0.3, 0.4) is 0 Å². The van der Waals surface area contributed by atoms with Crippen molar-refractivity contribution in [2.24, 2.45) is 11.8 Å². The van der Waals surface area contributed by atoms with Crippen LogP contribution in [0.4, 0.5) is 4.79 Å². The largest absolute Gasteiger partial charge is 0.444 e. The molecule has 1 amide bonds. The van der Waals surface area contributed by atoms with E-state index in [0.29, 0.717) is 5.92 Å². The molecule has 0 aromatic carbocycles. The van der Waals surface area contributed by atoms with Crippen LogP contribution >= 0.6 is 0 Å². The molecule has 1 aliphatic heterocycles. The van der Waals surface area contributed by atoms with Crippen molar-refractivity contribution < 1.29 is 14.3 Å². The summed E-state index contributed by atoms with van der Waals surface area (Å²) >= 11 is 0. The first-order chi connectivity index (χ1) is 8.20. The van der Waals surface area contributed by atoms with E-state index >= 15 is 0 Å². The topological polar surface area (TPSA) is 46.6 Å². The first-order valence-corrected chi connectivity index (χ1v) is 6.75. The Labute approximate surface area is 109 Å². The van der Waals surface area contributed by atoms with Gasteiger partial charge in [0.15, 0.2) is 5.78 Å². The average Bonchev–Trinajstić information content (AvgIpc) is 2.85. The number of Topliss-reactive ketones (excluding diaryl/α,β-unsaturated/α-hetero) is 1. The third-order valence-electron chi connectivity index (χ3n) is 3.61. The minimum absolute atomic E-state index is 0.0302. The summed E-state index contributed by atoms with van der Waals surface area (Å²) in [5, 5.41) is 0. The van der Waals surface area contributed by atoms with Gasteiger partial charge in [0.05, 0.1) is 6.04 Å². The molecule has 0 N–H and O–H groups in total. The lowest BCUT2D eigenvalue weighted by Crippen LogP contribution is -2.46. The van der Waals surface area contributed by atoms with Crippen molar-refractivity contribution in [2.45, 2.75) is 65.1 Å². The first kappa shape index (κ1) is 13.4. The number of nitrogens with zero attached hydrogens (tertiary/aromatic N) is 1. The molecule has 0 aromatic rings. The molecule has 3 atom stereocenters. The molecule has 0 bridgehead atoms. The van der Waals surface area contributed by atoms with Gasteiger partial charge >= 0.3 is 6.09 Å². The Morgan fingerprint density at radius 3 is 2.33 bits per heavy atom. The monoisotopic (exact) mass is 253 g/mol. The van der Waals surface area contributed by atoms with E-state index in [4.69, 9.17) is 4.74 Å². The van der Waals surface area contributed by atoms with Gasteiger partial charge in [0.1, 0.15) is 5.60 Å². The Kier molecular flexibility index (Phi) is 3.16. The minimum atomic E-state index is -0.504. The predicted octanol–water partition coefficient (Wildman–Crippen LogP) is 2.61. The fourth-order valence-corrected chi connectivity index (χ4v) is 2.67. The number of carbonyl (C=O) groups excluding carboxylic acids is 2. The van der Waals surface area contributed by atoms with Gasteiger partial charge in [-0.3, -0.25) is 9.69 Å². The Morgan fingerprint density at radius 2 is 1.83 bits per heavy atom. The quantitative estimate of drug-likeness (QED) is 0.760. The van der Waals surface area contributed by atoms with E-state index in [1.54, 1.807) is 4.90 Å². The molecule has 1 saturated carbocycles. The summed E-state index contributed by atoms with van der Waals surface area (Å²) in [6, 6.07) is -0.0175. The highest BCUT2D eigenvalue weighted by Crippen LogP contribution is 2.48. The molecule has 0 radical (unpaired) electrons. The minimum Gasteiger partial charge on any atom is -0.444 e. The Bertz CT molecular complexity index is 370. The number of ketones is 1. The molecule has 2 rings (SSSR count). The Morgan fingerprint density at radius 1 is 1.22 bits per heavy atom. The highest BCUT2D eigenvalue weighted by molar-refractivity contribution is 5.90. The number of piperidine rings is 1. The van der Waals surface area contributed by atoms with Gasteiger partial charge in [-0.2, -0.15) is 0 Å². The van der Waals surface area contributed by atoms with E-state index in [0.717, 1.165) is 12.8 Å². The van der Waals surface area contributed by atoms with E-state index in [1.165, 1.54) is 0 Å². The lowest BCUT2D eigenvalue weighted by molar-refractivity contribution is -0.126. The zero-order valence-corrected chi connectivity index (χ0v) is 11.9. The summed E-state index contributed by atoms with van der Waals surface area (Å²) in [5.41, 5.74) is -0.504. The van der Waals surface area contributed by atoms with Crippen LogP contribution in [0.25, 0.3) is 0 Å². The van der Waals surface area contributed by atoms with Gasteiger partial charge in [-0.15, -0.1) is 0 Å². The molecule has 1 aliphatic carbocycles. The van der Waals surface area contributed by atoms with Crippen LogP contribution < -0.4 is 0 Å². The SMILES string of the molecule is CC(C)C(=O)[C@@H]1CC2C[C@H]2N1C(=O)OC(C)(C)C. The van der Waals surface area contributed by atoms with E-state index < -0.39 is 5.60 Å². The summed E-state index contributed by atoms with van der Waals surface area (Å²) in [6.07, 6.45) is 1.52. The van der Waals surface area contributed by atoms with E-state index in [9.17, 15) is 9.59 Å². The zero-order valence-electron chi connectivity index (χ0n) is 11.9. The van der Waals surface area contributed by atoms with Gasteiger partial charge in [0.2, 0.25) is 0 Å². The van der Waals surface area contributed by atoms with Gasteiger partial charge < -0.3 is 4.74 Å². The van der Waals surface area contributed by atoms with Crippen LogP contribution in [0.2, 0.25) is 0 Å². The number of rotatable bonds is 2. The summed E-state index contributed by atoms with van der Waals surface area (Å²) in [4.78, 5) is 26.0. The van der Waals surface area contributed by atoms with Crippen molar-refractivity contribution in [2.75, 3.05) is 0 Å². The molecule has 4 heteroatoms. The second-order valence-electron chi connectivity index (χ2n) is 6.76. The number of hydrogen-bond donors (Lipinski definition) is 0. The maximum Gasteiger partial charge on any atom is 0.411 e. The molecule has 0 aromatic heterocycles. The van der Waals surface area contributed by atoms with Crippen LogP contribution in [-0.2, 0) is 9.53 Å². The Hall–Kier alpha value is -1.06. The van der Waals surface area contributed by atoms with Gasteiger partial charge in [-0.05, 0) is 39.5 Å². The third kappa shape index (κ3) is 2.52. The number of fused-ring (bicyclic) bond motifs is 1. The molecular weight excluding hydrogens is 230 g/mol. The van der Waals surface area contributed by atoms with E-state index in [2.05, 4.69) is 0 Å². The number of amides is 1. The fraction of sp³-hybridized carbons (Fsp3) is 0.857. The van der Waals surface area contributed by atoms with E-state index in [1.807, 2.05) is 34.6 Å². The van der Waals surface area contributed by atoms with Crippen molar-refractivity contribution in [3.8, 4) is 0 Å². The molecule has 18 heavy (non-hydrogen) atoms. The van der Waals surface area contributed by atoms with Crippen LogP contribution in [0.5, 0.6) is 0 Å². The zero-order chi connectivity index (χ0) is 13.7. The normalized spacial score (nSPS) is 30.3. The lowest BCUT2D eigenvalue weighted by Gasteiger charge is -2.30. The average molecular weight is 253 g/mol. The van der Waals surface area contributed by atoms with Crippen molar-refractivity contribution >= 4 is 11.9 Å². The second kappa shape index (κ2) is 4.25. The number of likely N-dealkylation sites (tertiary alicyclic amines) is 1. The van der Waals surface area contributed by atoms with Gasteiger partial charge in [0, 0.05) is 12.0 Å². The third-order valence-corrected chi connectivity index (χ3v) is 3.61. The van der Waals surface area contributed by atoms with Gasteiger partial charge in [-0.1, -0.05) is 13.8 Å². The van der Waals surface area contributed by atoms with Gasteiger partial charge in [0.25, 0.3) is 0 Å². The molecule has 1 saturated heterocycles. The van der Waals surface area contributed by atoms with Crippen LogP contribution in [0.1, 0.15) is 47.5 Å². The summed E-state index contributed by atoms with van der Waals surface area (Å²) in [7, 11) is 0. The summed E-state index contributed by atoms with van der Waals surface area (Å²) in [6.45, 7) is 9.33. The van der Waals surface area contributed by atoms with Crippen LogP contribution in [-0.4, -0.2) is 34.5 Å². The molecule has 4 nitrogen and oxygen atoms in total. The number of ether oxygens (including phenoxy) is 1. The maximum absolute atomic E-state index is 12.2. The highest BCUT2D eigenvalue weighted by Gasteiger charge is 2.57. The van der Waals surface area contributed by atoms with Crippen LogP contribution in [0.15, 0.2) is 0 Å². The molecule has 0 spiro atoms. The van der Waals surface area contributed by atoms with Crippen molar-refractivity contribution in [1.82, 2.24) is 4.90 Å². The summed E-state index contributed by atoms with van der Waals surface area (Å²) < 4.78 is 5.41. The highest BCUT2D eigenvalue weighted by atomic mass is 16.6. The number of carbonyl (C=O) groups is 2. The summed E-state index contributed by atoms with van der Waals surface area (Å²) in [5.74, 6) is 0.649. The standard InChI is InChI=1S/C14H23NO3/c1-8(2)12(16)11-7-9-6-10(9)15(11)13(17)18-14(3,4)5/h8-11H,6-7H2,1-5H3/t9?,10-,11+/m1/s1. The molecule has 102 valence electrons. The lowest BCUT2D eigenvalue weighted by atomic mass is 9.98. The second-order valence-corrected chi connectivity index (χ2v) is 6.76. The first-order valence-electron chi connectivity index (χ1n) is 6.75. The smallest absolute Gasteiger partial charge is 0.411 e. The maximum atomic E-state index is 12.2. The van der Waals surface area contributed by atoms with Crippen LogP contribution in [0, 0.1) is 11.8 Å². The van der Waals surface area contributed by atoms with Gasteiger partial charge in [-0.25, -0.2) is 4.79 Å². The molecular formula is C14H23NO3. The number of hydrogen-bond acceptors (Lipinski definition) is 3. The molecule has 2 aliphatic rings. The molecule has 2 fully saturated rings. The molecule has 1 unspecified atom stereocenters. The fourth-order valence-electron chi connectivity index (χ4n) is 2.67. The Balaban J connectivity index is 2.09. The van der Waals surface area contributed by atoms with Crippen molar-refractivity contribution in [3.05, 3.63) is 0 Å². The predicted molar refractivity (Wildman–Crippen MR) is 68.2 cm³/mol. The van der Waals surface area contributed by atoms with Crippen molar-refractivity contribution in [1.29, 1.82) is 0 Å². The van der Waals surface area contributed by atoms with Crippen molar-refractivity contribution in [3.63, 3.8) is 0 Å². The molecule has 1 heterocycles. The van der Waals surface area contributed by atoms with E-state index in [-0.39, 0.29) is 29.9 Å².